The summed E-state index contributed by atoms with van der Waals surface area (Å²) in [6.45, 7) is 0.546. The highest BCUT2D eigenvalue weighted by molar-refractivity contribution is 5.96. The number of fused-ring (bicyclic) bond motifs is 1. The van der Waals surface area contributed by atoms with Gasteiger partial charge in [0.05, 0.1) is 24.8 Å². The highest BCUT2D eigenvalue weighted by Gasteiger charge is 2.26. The highest BCUT2D eigenvalue weighted by Crippen LogP contribution is 2.34. The maximum Gasteiger partial charge on any atom is 0.271 e. The van der Waals surface area contributed by atoms with Gasteiger partial charge in [0.25, 0.3) is 5.69 Å². The lowest BCUT2D eigenvalue weighted by Crippen LogP contribution is -2.29. The smallest absolute Gasteiger partial charge is 0.271 e. The molecule has 1 heterocycles. The first-order valence-electron chi connectivity index (χ1n) is 8.32. The molecule has 7 heteroatoms. The highest BCUT2D eigenvalue weighted by atomic mass is 16.6. The van der Waals surface area contributed by atoms with Crippen LogP contribution in [0.4, 0.5) is 11.4 Å². The molecule has 136 valence electrons. The average Bonchev–Trinajstić information content (AvgIpc) is 3.08. The molecule has 0 bridgehead atoms. The fraction of sp³-hybridized carbons (Fsp3) is 0.316. The quantitative estimate of drug-likeness (QED) is 0.587. The molecule has 0 aromatic heterocycles. The summed E-state index contributed by atoms with van der Waals surface area (Å²) in [5.41, 5.74) is 2.49. The third kappa shape index (κ3) is 3.33. The van der Waals surface area contributed by atoms with Gasteiger partial charge in [-0.1, -0.05) is 18.2 Å². The molecule has 26 heavy (non-hydrogen) atoms. The van der Waals surface area contributed by atoms with Crippen molar-refractivity contribution in [3.8, 4) is 11.5 Å². The molecule has 0 radical (unpaired) electrons. The summed E-state index contributed by atoms with van der Waals surface area (Å²) in [6, 6.07) is 10.2. The molecule has 0 N–H and O–H groups in total. The van der Waals surface area contributed by atoms with E-state index >= 15 is 0 Å². The van der Waals surface area contributed by atoms with Crippen LogP contribution in [-0.4, -0.2) is 31.6 Å². The normalized spacial score (nSPS) is 12.6. The third-order valence-corrected chi connectivity index (χ3v) is 4.57. The van der Waals surface area contributed by atoms with E-state index in [0.717, 1.165) is 11.1 Å². The fourth-order valence-electron chi connectivity index (χ4n) is 3.27. The Morgan fingerprint density at radius 3 is 2.73 bits per heavy atom. The third-order valence-electron chi connectivity index (χ3n) is 4.57. The Labute approximate surface area is 151 Å². The van der Waals surface area contributed by atoms with Gasteiger partial charge >= 0.3 is 0 Å². The first-order valence-corrected chi connectivity index (χ1v) is 8.32. The Balaban J connectivity index is 1.75. The standard InChI is InChI=1S/C19H20N2O5/c1-25-17-5-3-4-14(19(17)26-2)7-9-18(22)20-11-10-13-6-8-15(21(23)24)12-16(13)20/h3-6,8,12H,7,9-11H2,1-2H3. The van der Waals surface area contributed by atoms with E-state index in [1.165, 1.54) is 12.1 Å². The maximum atomic E-state index is 12.7. The Morgan fingerprint density at radius 2 is 2.04 bits per heavy atom. The minimum atomic E-state index is -0.442. The number of para-hydroxylation sites is 1. The topological polar surface area (TPSA) is 81.9 Å². The van der Waals surface area contributed by atoms with Gasteiger partial charge < -0.3 is 14.4 Å². The molecular weight excluding hydrogens is 336 g/mol. The van der Waals surface area contributed by atoms with Crippen molar-refractivity contribution in [1.82, 2.24) is 0 Å². The summed E-state index contributed by atoms with van der Waals surface area (Å²) in [6.07, 6.45) is 1.49. The largest absolute Gasteiger partial charge is 0.493 e. The molecule has 1 aliphatic rings. The van der Waals surface area contributed by atoms with Gasteiger partial charge in [0.15, 0.2) is 11.5 Å². The first-order chi connectivity index (χ1) is 12.5. The number of nitro groups is 1. The number of amides is 1. The van der Waals surface area contributed by atoms with E-state index in [1.54, 1.807) is 31.3 Å². The number of hydrogen-bond acceptors (Lipinski definition) is 5. The Hall–Kier alpha value is -3.09. The Kier molecular flexibility index (Phi) is 5.06. The summed E-state index contributed by atoms with van der Waals surface area (Å²) in [4.78, 5) is 24.9. The molecule has 2 aromatic carbocycles. The number of hydrogen-bond donors (Lipinski definition) is 0. The lowest BCUT2D eigenvalue weighted by molar-refractivity contribution is -0.384. The molecule has 0 fully saturated rings. The van der Waals surface area contributed by atoms with Crippen LogP contribution < -0.4 is 14.4 Å². The summed E-state index contributed by atoms with van der Waals surface area (Å²) >= 11 is 0. The lowest BCUT2D eigenvalue weighted by Gasteiger charge is -2.18. The van der Waals surface area contributed by atoms with E-state index in [9.17, 15) is 14.9 Å². The summed E-state index contributed by atoms with van der Waals surface area (Å²) < 4.78 is 10.7. The number of anilines is 1. The van der Waals surface area contributed by atoms with Crippen LogP contribution >= 0.6 is 0 Å². The Bertz CT molecular complexity index is 850. The second kappa shape index (κ2) is 7.43. The zero-order chi connectivity index (χ0) is 18.7. The predicted molar refractivity (Wildman–Crippen MR) is 97.0 cm³/mol. The molecule has 1 amide bonds. The van der Waals surface area contributed by atoms with E-state index in [-0.39, 0.29) is 18.0 Å². The van der Waals surface area contributed by atoms with Crippen molar-refractivity contribution in [2.75, 3.05) is 25.7 Å². The molecular formula is C19H20N2O5. The SMILES string of the molecule is COc1cccc(CCC(=O)N2CCc3ccc([N+](=O)[O-])cc32)c1OC. The van der Waals surface area contributed by atoms with Crippen LogP contribution in [0.2, 0.25) is 0 Å². The number of carbonyl (C=O) groups excluding carboxylic acids is 1. The van der Waals surface area contributed by atoms with E-state index in [4.69, 9.17) is 9.47 Å². The van der Waals surface area contributed by atoms with Gasteiger partial charge in [-0.15, -0.1) is 0 Å². The second-order valence-electron chi connectivity index (χ2n) is 6.02. The minimum absolute atomic E-state index is 0.00193. The molecule has 0 unspecified atom stereocenters. The van der Waals surface area contributed by atoms with E-state index in [0.29, 0.717) is 36.6 Å². The number of non-ortho nitro benzene ring substituents is 1. The first kappa shape index (κ1) is 17.7. The van der Waals surface area contributed by atoms with Crippen LogP contribution in [0.25, 0.3) is 0 Å². The fourth-order valence-corrected chi connectivity index (χ4v) is 3.27. The van der Waals surface area contributed by atoms with Gasteiger partial charge in [-0.05, 0) is 30.0 Å². The molecule has 0 atom stereocenters. The summed E-state index contributed by atoms with van der Waals surface area (Å²) in [7, 11) is 3.14. The van der Waals surface area contributed by atoms with Crippen molar-refractivity contribution in [3.63, 3.8) is 0 Å². The maximum absolute atomic E-state index is 12.7. The van der Waals surface area contributed by atoms with Crippen molar-refractivity contribution < 1.29 is 19.2 Å². The number of ether oxygens (including phenoxy) is 2. The van der Waals surface area contributed by atoms with E-state index in [2.05, 4.69) is 0 Å². The van der Waals surface area contributed by atoms with E-state index in [1.807, 2.05) is 12.1 Å². The van der Waals surface area contributed by atoms with E-state index < -0.39 is 4.92 Å². The predicted octanol–water partition coefficient (Wildman–Crippen LogP) is 3.13. The zero-order valence-corrected chi connectivity index (χ0v) is 14.7. The number of benzene rings is 2. The van der Waals surface area contributed by atoms with Gasteiger partial charge in [0.1, 0.15) is 0 Å². The average molecular weight is 356 g/mol. The molecule has 0 spiro atoms. The van der Waals surface area contributed by atoms with Crippen molar-refractivity contribution in [1.29, 1.82) is 0 Å². The summed E-state index contributed by atoms with van der Waals surface area (Å²) in [5, 5.41) is 11.0. The van der Waals surface area contributed by atoms with Crippen LogP contribution in [0.15, 0.2) is 36.4 Å². The van der Waals surface area contributed by atoms with Gasteiger partial charge in [0.2, 0.25) is 5.91 Å². The molecule has 2 aromatic rings. The van der Waals surface area contributed by atoms with Gasteiger partial charge in [0, 0.05) is 25.1 Å². The van der Waals surface area contributed by atoms with Crippen molar-refractivity contribution in [3.05, 3.63) is 57.6 Å². The second-order valence-corrected chi connectivity index (χ2v) is 6.02. The van der Waals surface area contributed by atoms with Crippen LogP contribution in [0.3, 0.4) is 0 Å². The number of methoxy groups -OCH3 is 2. The monoisotopic (exact) mass is 356 g/mol. The zero-order valence-electron chi connectivity index (χ0n) is 14.7. The van der Waals surface area contributed by atoms with Gasteiger partial charge in [-0.2, -0.15) is 0 Å². The van der Waals surface area contributed by atoms with Gasteiger partial charge in [-0.25, -0.2) is 0 Å². The number of nitro benzene ring substituents is 1. The van der Waals surface area contributed by atoms with Crippen LogP contribution in [0, 0.1) is 10.1 Å². The summed E-state index contributed by atoms with van der Waals surface area (Å²) in [5.74, 6) is 1.19. The van der Waals surface area contributed by atoms with Crippen molar-refractivity contribution in [2.45, 2.75) is 19.3 Å². The van der Waals surface area contributed by atoms with Gasteiger partial charge in [-0.3, -0.25) is 14.9 Å². The molecule has 7 nitrogen and oxygen atoms in total. The molecule has 1 aliphatic heterocycles. The van der Waals surface area contributed by atoms with Crippen LogP contribution in [-0.2, 0) is 17.6 Å². The molecule has 0 aliphatic carbocycles. The van der Waals surface area contributed by atoms with Crippen LogP contribution in [0.5, 0.6) is 11.5 Å². The molecule has 0 saturated carbocycles. The Morgan fingerprint density at radius 1 is 1.23 bits per heavy atom. The van der Waals surface area contributed by atoms with Crippen molar-refractivity contribution in [2.24, 2.45) is 0 Å². The molecule has 3 rings (SSSR count). The minimum Gasteiger partial charge on any atom is -0.493 e. The van der Waals surface area contributed by atoms with Crippen molar-refractivity contribution >= 4 is 17.3 Å². The molecule has 0 saturated heterocycles. The lowest BCUT2D eigenvalue weighted by atomic mass is 10.1. The van der Waals surface area contributed by atoms with Crippen LogP contribution in [0.1, 0.15) is 17.5 Å². The number of rotatable bonds is 6. The number of carbonyl (C=O) groups is 1. The number of aryl methyl sites for hydroxylation is 1. The number of nitrogens with zero attached hydrogens (tertiary/aromatic N) is 2.